The Hall–Kier alpha value is -0.830. The molecule has 3 nitrogen and oxygen atoms in total. The van der Waals surface area contributed by atoms with Crippen LogP contribution in [0.3, 0.4) is 0 Å². The van der Waals surface area contributed by atoms with Crippen LogP contribution in [0.2, 0.25) is 0 Å². The first kappa shape index (κ1) is 7.80. The maximum absolute atomic E-state index is 4.19. The second-order valence-corrected chi connectivity index (χ2v) is 3.42. The lowest BCUT2D eigenvalue weighted by Gasteiger charge is -2.11. The molecular weight excluding hydrogens is 150 g/mol. The largest absolute Gasteiger partial charge is 0.334 e. The fourth-order valence-corrected chi connectivity index (χ4v) is 1.75. The molecule has 1 aliphatic rings. The Morgan fingerprint density at radius 1 is 1.75 bits per heavy atom. The summed E-state index contributed by atoms with van der Waals surface area (Å²) in [5.41, 5.74) is 0. The van der Waals surface area contributed by atoms with Crippen molar-refractivity contribution in [3.8, 4) is 0 Å². The van der Waals surface area contributed by atoms with Gasteiger partial charge >= 0.3 is 0 Å². The molecule has 2 heterocycles. The Morgan fingerprint density at radius 2 is 2.67 bits per heavy atom. The van der Waals surface area contributed by atoms with E-state index in [2.05, 4.69) is 28.0 Å². The normalized spacial score (nSPS) is 23.2. The molecule has 0 amide bonds. The summed E-state index contributed by atoms with van der Waals surface area (Å²) in [4.78, 5) is 4.19. The molecule has 66 valence electrons. The van der Waals surface area contributed by atoms with E-state index in [4.69, 9.17) is 0 Å². The molecule has 1 aromatic rings. The molecule has 0 bridgehead atoms. The number of nitrogens with zero attached hydrogens (tertiary/aromatic N) is 2. The van der Waals surface area contributed by atoms with E-state index in [1.807, 2.05) is 6.20 Å². The van der Waals surface area contributed by atoms with Crippen molar-refractivity contribution >= 4 is 0 Å². The third-order valence-electron chi connectivity index (χ3n) is 2.50. The minimum Gasteiger partial charge on any atom is -0.334 e. The lowest BCUT2D eigenvalue weighted by Crippen LogP contribution is -2.26. The van der Waals surface area contributed by atoms with Gasteiger partial charge in [0, 0.05) is 25.0 Å². The van der Waals surface area contributed by atoms with Gasteiger partial charge in [0.05, 0.1) is 0 Å². The molecule has 2 rings (SSSR count). The van der Waals surface area contributed by atoms with Crippen LogP contribution in [0.4, 0.5) is 0 Å². The van der Waals surface area contributed by atoms with E-state index in [9.17, 15) is 0 Å². The molecule has 1 atom stereocenters. The highest BCUT2D eigenvalue weighted by molar-refractivity contribution is 4.90. The van der Waals surface area contributed by atoms with Crippen molar-refractivity contribution in [3.05, 3.63) is 18.2 Å². The lowest BCUT2D eigenvalue weighted by molar-refractivity contribution is 0.502. The van der Waals surface area contributed by atoms with Crippen LogP contribution in [-0.4, -0.2) is 22.1 Å². The summed E-state index contributed by atoms with van der Waals surface area (Å²) in [6.07, 6.45) is 6.54. The predicted molar refractivity (Wildman–Crippen MR) is 48.0 cm³/mol. The topological polar surface area (TPSA) is 29.9 Å². The minimum absolute atomic E-state index is 0.665. The van der Waals surface area contributed by atoms with Crippen LogP contribution >= 0.6 is 0 Å². The highest BCUT2D eigenvalue weighted by Crippen LogP contribution is 2.08. The SMILES string of the molecule is Cc1nccn1C[C@@H]1CCCN1. The van der Waals surface area contributed by atoms with E-state index >= 15 is 0 Å². The summed E-state index contributed by atoms with van der Waals surface area (Å²) in [6, 6.07) is 0.665. The van der Waals surface area contributed by atoms with Gasteiger partial charge in [-0.2, -0.15) is 0 Å². The summed E-state index contributed by atoms with van der Waals surface area (Å²) in [6.45, 7) is 4.30. The zero-order valence-corrected chi connectivity index (χ0v) is 7.45. The summed E-state index contributed by atoms with van der Waals surface area (Å²) in [5.74, 6) is 1.11. The number of hydrogen-bond donors (Lipinski definition) is 1. The van der Waals surface area contributed by atoms with E-state index in [1.165, 1.54) is 19.4 Å². The summed E-state index contributed by atoms with van der Waals surface area (Å²) < 4.78 is 2.21. The van der Waals surface area contributed by atoms with Gasteiger partial charge in [-0.15, -0.1) is 0 Å². The van der Waals surface area contributed by atoms with Crippen LogP contribution in [0.5, 0.6) is 0 Å². The van der Waals surface area contributed by atoms with E-state index in [1.54, 1.807) is 0 Å². The molecule has 3 heteroatoms. The fraction of sp³-hybridized carbons (Fsp3) is 0.667. The molecule has 0 aromatic carbocycles. The molecule has 1 N–H and O–H groups in total. The third-order valence-corrected chi connectivity index (χ3v) is 2.50. The Balaban J connectivity index is 1.98. The van der Waals surface area contributed by atoms with Crippen LogP contribution in [0.25, 0.3) is 0 Å². The maximum Gasteiger partial charge on any atom is 0.105 e. The molecule has 0 unspecified atom stereocenters. The van der Waals surface area contributed by atoms with Crippen molar-refractivity contribution in [2.75, 3.05) is 6.54 Å². The number of aromatic nitrogens is 2. The van der Waals surface area contributed by atoms with Gasteiger partial charge in [0.2, 0.25) is 0 Å². The van der Waals surface area contributed by atoms with Crippen molar-refractivity contribution in [1.29, 1.82) is 0 Å². The van der Waals surface area contributed by atoms with Crippen molar-refractivity contribution in [1.82, 2.24) is 14.9 Å². The van der Waals surface area contributed by atoms with Gasteiger partial charge in [-0.25, -0.2) is 4.98 Å². The summed E-state index contributed by atoms with van der Waals surface area (Å²) >= 11 is 0. The average molecular weight is 165 g/mol. The second-order valence-electron chi connectivity index (χ2n) is 3.42. The number of aryl methyl sites for hydroxylation is 1. The van der Waals surface area contributed by atoms with Gasteiger partial charge in [-0.05, 0) is 26.3 Å². The smallest absolute Gasteiger partial charge is 0.105 e. The molecule has 0 spiro atoms. The Labute approximate surface area is 72.8 Å². The average Bonchev–Trinajstić information content (AvgIpc) is 2.65. The molecular formula is C9H15N3. The summed E-state index contributed by atoms with van der Waals surface area (Å²) in [7, 11) is 0. The fourth-order valence-electron chi connectivity index (χ4n) is 1.75. The van der Waals surface area contributed by atoms with Gasteiger partial charge < -0.3 is 9.88 Å². The summed E-state index contributed by atoms with van der Waals surface area (Å²) in [5, 5.41) is 3.47. The van der Waals surface area contributed by atoms with Crippen LogP contribution in [0, 0.1) is 6.92 Å². The van der Waals surface area contributed by atoms with Crippen LogP contribution in [0.1, 0.15) is 18.7 Å². The standard InChI is InChI=1S/C9H15N3/c1-8-10-5-6-12(8)7-9-3-2-4-11-9/h5-6,9,11H,2-4,7H2,1H3/t9-/m0/s1. The predicted octanol–water partition coefficient (Wildman–Crippen LogP) is 0.944. The number of hydrogen-bond acceptors (Lipinski definition) is 2. The number of rotatable bonds is 2. The molecule has 12 heavy (non-hydrogen) atoms. The molecule has 0 radical (unpaired) electrons. The molecule has 0 saturated carbocycles. The molecule has 1 aromatic heterocycles. The van der Waals surface area contributed by atoms with Gasteiger partial charge in [-0.1, -0.05) is 0 Å². The Kier molecular flexibility index (Phi) is 2.13. The van der Waals surface area contributed by atoms with Gasteiger partial charge in [0.1, 0.15) is 5.82 Å². The number of nitrogens with one attached hydrogen (secondary N) is 1. The van der Waals surface area contributed by atoms with E-state index in [0.717, 1.165) is 12.4 Å². The van der Waals surface area contributed by atoms with Crippen molar-refractivity contribution in [3.63, 3.8) is 0 Å². The van der Waals surface area contributed by atoms with Crippen LogP contribution in [0.15, 0.2) is 12.4 Å². The van der Waals surface area contributed by atoms with Gasteiger partial charge in [0.25, 0.3) is 0 Å². The van der Waals surface area contributed by atoms with Crippen molar-refractivity contribution < 1.29 is 0 Å². The lowest BCUT2D eigenvalue weighted by atomic mass is 10.2. The first-order valence-electron chi connectivity index (χ1n) is 4.57. The monoisotopic (exact) mass is 165 g/mol. The molecule has 1 fully saturated rings. The maximum atomic E-state index is 4.19. The van der Waals surface area contributed by atoms with E-state index in [-0.39, 0.29) is 0 Å². The van der Waals surface area contributed by atoms with Crippen LogP contribution in [-0.2, 0) is 6.54 Å². The highest BCUT2D eigenvalue weighted by Gasteiger charge is 2.14. The number of imidazole rings is 1. The first-order valence-corrected chi connectivity index (χ1v) is 4.57. The highest BCUT2D eigenvalue weighted by atomic mass is 15.1. The van der Waals surface area contributed by atoms with E-state index < -0.39 is 0 Å². The molecule has 0 aliphatic carbocycles. The van der Waals surface area contributed by atoms with Crippen molar-refractivity contribution in [2.45, 2.75) is 32.4 Å². The first-order chi connectivity index (χ1) is 5.86. The zero-order chi connectivity index (χ0) is 8.39. The zero-order valence-electron chi connectivity index (χ0n) is 7.45. The molecule has 1 saturated heterocycles. The minimum atomic E-state index is 0.665. The Morgan fingerprint density at radius 3 is 3.25 bits per heavy atom. The van der Waals surface area contributed by atoms with Crippen LogP contribution < -0.4 is 5.32 Å². The quantitative estimate of drug-likeness (QED) is 0.707. The van der Waals surface area contributed by atoms with E-state index in [0.29, 0.717) is 6.04 Å². The second kappa shape index (κ2) is 3.27. The van der Waals surface area contributed by atoms with Crippen molar-refractivity contribution in [2.24, 2.45) is 0 Å². The third kappa shape index (κ3) is 1.50. The van der Waals surface area contributed by atoms with Gasteiger partial charge in [-0.3, -0.25) is 0 Å². The molecule has 1 aliphatic heterocycles. The Bertz CT molecular complexity index is 248. The van der Waals surface area contributed by atoms with Gasteiger partial charge in [0.15, 0.2) is 0 Å².